The lowest BCUT2D eigenvalue weighted by Crippen LogP contribution is -2.16. The Kier molecular flexibility index (Phi) is 3.78. The second-order valence-corrected chi connectivity index (χ2v) is 6.05. The van der Waals surface area contributed by atoms with Crippen molar-refractivity contribution in [1.29, 1.82) is 0 Å². The molecule has 0 spiro atoms. The highest BCUT2D eigenvalue weighted by Gasteiger charge is 2.16. The summed E-state index contributed by atoms with van der Waals surface area (Å²) >= 11 is 1.43. The van der Waals surface area contributed by atoms with Crippen molar-refractivity contribution in [2.75, 3.05) is 5.73 Å². The van der Waals surface area contributed by atoms with E-state index in [1.807, 2.05) is 13.8 Å². The van der Waals surface area contributed by atoms with Gasteiger partial charge in [0.15, 0.2) is 11.5 Å². The van der Waals surface area contributed by atoms with Crippen LogP contribution in [-0.4, -0.2) is 25.9 Å². The minimum atomic E-state index is -0.725. The molecule has 3 heterocycles. The topological polar surface area (TPSA) is 124 Å². The number of thiophene rings is 1. The molecule has 0 amide bonds. The molecule has 0 atom stereocenters. The first-order valence-corrected chi connectivity index (χ1v) is 7.51. The number of H-pyrrole nitrogens is 1. The van der Waals surface area contributed by atoms with Crippen molar-refractivity contribution < 1.29 is 9.53 Å². The first kappa shape index (κ1) is 15.1. The van der Waals surface area contributed by atoms with Crippen LogP contribution in [0.2, 0.25) is 0 Å². The van der Waals surface area contributed by atoms with E-state index in [1.54, 1.807) is 0 Å². The number of nitrogens with one attached hydrogen (secondary N) is 1. The summed E-state index contributed by atoms with van der Waals surface area (Å²) in [6, 6.07) is 0. The molecular weight excluding hydrogens is 318 g/mol. The summed E-state index contributed by atoms with van der Waals surface area (Å²) in [7, 11) is 0. The minimum absolute atomic E-state index is 0.0149. The van der Waals surface area contributed by atoms with E-state index in [1.165, 1.54) is 23.7 Å². The van der Waals surface area contributed by atoms with Gasteiger partial charge in [-0.05, 0) is 19.4 Å². The second-order valence-electron chi connectivity index (χ2n) is 4.84. The molecule has 0 saturated heterocycles. The number of hydrogen-bond donors (Lipinski definition) is 2. The molecule has 23 heavy (non-hydrogen) atoms. The molecule has 0 aliphatic rings. The van der Waals surface area contributed by atoms with Crippen molar-refractivity contribution in [3.05, 3.63) is 44.7 Å². The summed E-state index contributed by atoms with van der Waals surface area (Å²) in [5.41, 5.74) is 6.15. The predicted molar refractivity (Wildman–Crippen MR) is 85.3 cm³/mol. The number of aromatic amines is 1. The molecule has 3 rings (SSSR count). The number of hydrogen-bond acceptors (Lipinski definition) is 8. The molecule has 3 N–H and O–H groups in total. The lowest BCUT2D eigenvalue weighted by molar-refractivity contribution is 0.0456. The number of anilines is 1. The maximum atomic E-state index is 12.1. The summed E-state index contributed by atoms with van der Waals surface area (Å²) in [5, 5.41) is 0.570. The fourth-order valence-electron chi connectivity index (χ4n) is 2.08. The van der Waals surface area contributed by atoms with E-state index in [0.29, 0.717) is 10.2 Å². The fraction of sp³-hybridized carbons (Fsp3) is 0.214. The van der Waals surface area contributed by atoms with Crippen LogP contribution in [-0.2, 0) is 11.3 Å². The Morgan fingerprint density at radius 1 is 1.35 bits per heavy atom. The summed E-state index contributed by atoms with van der Waals surface area (Å²) < 4.78 is 5.09. The third-order valence-corrected chi connectivity index (χ3v) is 4.45. The summed E-state index contributed by atoms with van der Waals surface area (Å²) in [6.07, 6.45) is 2.72. The molecule has 3 aromatic rings. The normalized spacial score (nSPS) is 10.9. The van der Waals surface area contributed by atoms with Gasteiger partial charge in [-0.3, -0.25) is 4.79 Å². The van der Waals surface area contributed by atoms with Crippen molar-refractivity contribution in [3.63, 3.8) is 0 Å². The Morgan fingerprint density at radius 3 is 2.83 bits per heavy atom. The minimum Gasteiger partial charge on any atom is -0.453 e. The van der Waals surface area contributed by atoms with Gasteiger partial charge in [-0.15, -0.1) is 11.3 Å². The fourth-order valence-corrected chi connectivity index (χ4v) is 3.12. The SMILES string of the molecule is Cc1sc2nc(COC(=O)c3nccnc3N)[nH]c(=O)c2c1C. The molecule has 8 nitrogen and oxygen atoms in total. The predicted octanol–water partition coefficient (Wildman–Crippen LogP) is 1.33. The van der Waals surface area contributed by atoms with Crippen LogP contribution in [0.15, 0.2) is 17.2 Å². The quantitative estimate of drug-likeness (QED) is 0.694. The number of nitrogens with zero attached hydrogens (tertiary/aromatic N) is 3. The van der Waals surface area contributed by atoms with Crippen LogP contribution in [0.25, 0.3) is 10.2 Å². The number of fused-ring (bicyclic) bond motifs is 1. The van der Waals surface area contributed by atoms with Crippen molar-refractivity contribution in [2.24, 2.45) is 0 Å². The summed E-state index contributed by atoms with van der Waals surface area (Å²) in [6.45, 7) is 3.62. The molecule has 9 heteroatoms. The third-order valence-electron chi connectivity index (χ3n) is 3.35. The average Bonchev–Trinajstić information content (AvgIpc) is 2.80. The van der Waals surface area contributed by atoms with Crippen molar-refractivity contribution in [1.82, 2.24) is 19.9 Å². The van der Waals surface area contributed by atoms with E-state index in [2.05, 4.69) is 19.9 Å². The van der Waals surface area contributed by atoms with Crippen LogP contribution in [0.1, 0.15) is 26.8 Å². The Hall–Kier alpha value is -2.81. The van der Waals surface area contributed by atoms with Crippen LogP contribution in [0, 0.1) is 13.8 Å². The van der Waals surface area contributed by atoms with Crippen LogP contribution in [0.5, 0.6) is 0 Å². The highest BCUT2D eigenvalue weighted by molar-refractivity contribution is 7.18. The van der Waals surface area contributed by atoms with Gasteiger partial charge < -0.3 is 15.5 Å². The summed E-state index contributed by atoms with van der Waals surface area (Å²) in [5.74, 6) is -0.477. The number of esters is 1. The Morgan fingerprint density at radius 2 is 2.09 bits per heavy atom. The molecule has 118 valence electrons. The number of carbonyl (C=O) groups is 1. The van der Waals surface area contributed by atoms with E-state index in [-0.39, 0.29) is 29.5 Å². The lowest BCUT2D eigenvalue weighted by atomic mass is 10.2. The zero-order valence-corrected chi connectivity index (χ0v) is 13.2. The summed E-state index contributed by atoms with van der Waals surface area (Å²) in [4.78, 5) is 40.2. The van der Waals surface area contributed by atoms with Crippen LogP contribution >= 0.6 is 11.3 Å². The third kappa shape index (κ3) is 2.78. The van der Waals surface area contributed by atoms with E-state index in [4.69, 9.17) is 10.5 Å². The molecular formula is C14H13N5O3S. The largest absolute Gasteiger partial charge is 0.453 e. The van der Waals surface area contributed by atoms with Gasteiger partial charge in [-0.2, -0.15) is 0 Å². The first-order valence-electron chi connectivity index (χ1n) is 6.70. The average molecular weight is 331 g/mol. The van der Waals surface area contributed by atoms with Gasteiger partial charge in [0.2, 0.25) is 0 Å². The van der Waals surface area contributed by atoms with E-state index in [0.717, 1.165) is 10.4 Å². The van der Waals surface area contributed by atoms with E-state index < -0.39 is 5.97 Å². The molecule has 0 unspecified atom stereocenters. The number of nitrogen functional groups attached to an aromatic ring is 1. The molecule has 0 aliphatic heterocycles. The number of rotatable bonds is 3. The van der Waals surface area contributed by atoms with Crippen molar-refractivity contribution in [3.8, 4) is 0 Å². The van der Waals surface area contributed by atoms with E-state index in [9.17, 15) is 9.59 Å². The van der Waals surface area contributed by atoms with Gasteiger partial charge in [-0.25, -0.2) is 19.7 Å². The van der Waals surface area contributed by atoms with E-state index >= 15 is 0 Å². The molecule has 0 fully saturated rings. The highest BCUT2D eigenvalue weighted by atomic mass is 32.1. The van der Waals surface area contributed by atoms with Gasteiger partial charge in [0.05, 0.1) is 5.39 Å². The smallest absolute Gasteiger partial charge is 0.361 e. The Labute approximate surface area is 134 Å². The van der Waals surface area contributed by atoms with Crippen LogP contribution in [0.4, 0.5) is 5.82 Å². The second kappa shape index (κ2) is 5.76. The Balaban J connectivity index is 1.84. The van der Waals surface area contributed by atoms with Gasteiger partial charge in [0.25, 0.3) is 5.56 Å². The van der Waals surface area contributed by atoms with Crippen LogP contribution < -0.4 is 11.3 Å². The monoisotopic (exact) mass is 331 g/mol. The standard InChI is InChI=1S/C14H13N5O3S/c1-6-7(2)23-13-9(6)12(20)18-8(19-13)5-22-14(21)10-11(15)17-4-3-16-10/h3-4H,5H2,1-2H3,(H2,15,17)(H,18,19,20). The zero-order chi connectivity index (χ0) is 16.6. The maximum absolute atomic E-state index is 12.1. The van der Waals surface area contributed by atoms with Crippen LogP contribution in [0.3, 0.4) is 0 Å². The number of nitrogens with two attached hydrogens (primary N) is 1. The van der Waals surface area contributed by atoms with Gasteiger partial charge in [0.1, 0.15) is 17.3 Å². The van der Waals surface area contributed by atoms with Crippen molar-refractivity contribution >= 4 is 33.3 Å². The number of ether oxygens (including phenoxy) is 1. The molecule has 0 aromatic carbocycles. The van der Waals surface area contributed by atoms with Gasteiger partial charge in [-0.1, -0.05) is 0 Å². The Bertz CT molecular complexity index is 963. The van der Waals surface area contributed by atoms with Gasteiger partial charge >= 0.3 is 5.97 Å². The maximum Gasteiger partial charge on any atom is 0.361 e. The first-order chi connectivity index (χ1) is 11.0. The molecule has 0 aliphatic carbocycles. The van der Waals surface area contributed by atoms with Gasteiger partial charge in [0, 0.05) is 17.3 Å². The lowest BCUT2D eigenvalue weighted by Gasteiger charge is -2.05. The van der Waals surface area contributed by atoms with Crippen molar-refractivity contribution in [2.45, 2.75) is 20.5 Å². The molecule has 0 saturated carbocycles. The molecule has 3 aromatic heterocycles. The zero-order valence-electron chi connectivity index (χ0n) is 12.4. The molecule has 0 radical (unpaired) electrons. The highest BCUT2D eigenvalue weighted by Crippen LogP contribution is 2.25. The number of aryl methyl sites for hydroxylation is 2. The number of aromatic nitrogens is 4. The molecule has 0 bridgehead atoms. The number of carbonyl (C=O) groups excluding carboxylic acids is 1.